The summed E-state index contributed by atoms with van der Waals surface area (Å²) in [5, 5.41) is 8.58. The average molecular weight is 327 g/mol. The fourth-order valence-electron chi connectivity index (χ4n) is 1.96. The molecule has 0 aliphatic carbocycles. The number of nitrogens with zero attached hydrogens (tertiary/aromatic N) is 2. The molecule has 3 N–H and O–H groups in total. The molecule has 126 valence electrons. The van der Waals surface area contributed by atoms with Crippen molar-refractivity contribution in [3.63, 3.8) is 0 Å². The highest BCUT2D eigenvalue weighted by Crippen LogP contribution is 2.18. The maximum absolute atomic E-state index is 12.2. The molecule has 1 aromatic carbocycles. The summed E-state index contributed by atoms with van der Waals surface area (Å²) in [6.07, 6.45) is 1.52. The van der Waals surface area contributed by atoms with E-state index in [0.717, 1.165) is 0 Å². The first kappa shape index (κ1) is 17.4. The lowest BCUT2D eigenvalue weighted by Gasteiger charge is -2.20. The van der Waals surface area contributed by atoms with Gasteiger partial charge in [0.05, 0.1) is 0 Å². The second-order valence-corrected chi connectivity index (χ2v) is 6.36. The zero-order valence-corrected chi connectivity index (χ0v) is 14.2. The van der Waals surface area contributed by atoms with Crippen molar-refractivity contribution >= 4 is 29.1 Å². The number of nitrogens with one attached hydrogen (secondary N) is 3. The second kappa shape index (κ2) is 7.08. The quantitative estimate of drug-likeness (QED) is 0.802. The molecule has 24 heavy (non-hydrogen) atoms. The summed E-state index contributed by atoms with van der Waals surface area (Å²) < 4.78 is 0. The van der Waals surface area contributed by atoms with Crippen LogP contribution in [0.1, 0.15) is 38.2 Å². The predicted octanol–water partition coefficient (Wildman–Crippen LogP) is 2.71. The Balaban J connectivity index is 2.15. The predicted molar refractivity (Wildman–Crippen MR) is 93.3 cm³/mol. The molecule has 0 aliphatic heterocycles. The third-order valence-electron chi connectivity index (χ3n) is 2.82. The molecule has 0 atom stereocenters. The lowest BCUT2D eigenvalue weighted by Crippen LogP contribution is -2.41. The number of aromatic nitrogens is 2. The Bertz CT molecular complexity index is 753. The van der Waals surface area contributed by atoms with Gasteiger partial charge in [-0.2, -0.15) is 0 Å². The Labute approximate surface area is 140 Å². The first-order valence-electron chi connectivity index (χ1n) is 7.53. The smallest absolute Gasteiger partial charge is 0.270 e. The number of rotatable bonds is 4. The van der Waals surface area contributed by atoms with Gasteiger partial charge in [0.15, 0.2) is 0 Å². The summed E-state index contributed by atoms with van der Waals surface area (Å²) in [5.41, 5.74) is 1.30. The Morgan fingerprint density at radius 3 is 2.46 bits per heavy atom. The number of benzene rings is 1. The largest absolute Gasteiger partial charge is 0.346 e. The third-order valence-corrected chi connectivity index (χ3v) is 2.82. The average Bonchev–Trinajstić information content (AvgIpc) is 2.45. The Morgan fingerprint density at radius 1 is 1.08 bits per heavy atom. The highest BCUT2D eigenvalue weighted by atomic mass is 16.2. The van der Waals surface area contributed by atoms with Crippen molar-refractivity contribution in [2.24, 2.45) is 0 Å². The van der Waals surface area contributed by atoms with Crippen LogP contribution in [-0.4, -0.2) is 27.3 Å². The van der Waals surface area contributed by atoms with Crippen molar-refractivity contribution in [3.8, 4) is 0 Å². The van der Waals surface area contributed by atoms with Crippen LogP contribution in [0.4, 0.5) is 17.3 Å². The molecular formula is C17H21N5O2. The highest BCUT2D eigenvalue weighted by molar-refractivity contribution is 5.93. The van der Waals surface area contributed by atoms with Gasteiger partial charge in [0, 0.05) is 30.0 Å². The molecule has 2 aromatic rings. The number of carbonyl (C=O) groups excluding carboxylic acids is 2. The molecule has 0 saturated carbocycles. The van der Waals surface area contributed by atoms with Crippen LogP contribution in [0.15, 0.2) is 36.5 Å². The Morgan fingerprint density at radius 2 is 1.79 bits per heavy atom. The van der Waals surface area contributed by atoms with E-state index >= 15 is 0 Å². The maximum Gasteiger partial charge on any atom is 0.270 e. The van der Waals surface area contributed by atoms with Gasteiger partial charge in [-0.05, 0) is 45.0 Å². The van der Waals surface area contributed by atoms with Crippen LogP contribution in [0, 0.1) is 0 Å². The Kier molecular flexibility index (Phi) is 5.13. The normalized spacial score (nSPS) is 10.8. The van der Waals surface area contributed by atoms with Gasteiger partial charge < -0.3 is 16.0 Å². The molecule has 0 aliphatic rings. The molecule has 0 radical (unpaired) electrons. The van der Waals surface area contributed by atoms with Crippen LogP contribution in [0.3, 0.4) is 0 Å². The van der Waals surface area contributed by atoms with E-state index in [9.17, 15) is 9.59 Å². The zero-order chi connectivity index (χ0) is 17.7. The van der Waals surface area contributed by atoms with Crippen molar-refractivity contribution < 1.29 is 9.59 Å². The van der Waals surface area contributed by atoms with Gasteiger partial charge in [-0.3, -0.25) is 9.59 Å². The highest BCUT2D eigenvalue weighted by Gasteiger charge is 2.16. The lowest BCUT2D eigenvalue weighted by atomic mass is 10.1. The van der Waals surface area contributed by atoms with Crippen LogP contribution < -0.4 is 16.0 Å². The summed E-state index contributed by atoms with van der Waals surface area (Å²) in [6, 6.07) is 8.70. The van der Waals surface area contributed by atoms with E-state index in [1.807, 2.05) is 26.8 Å². The lowest BCUT2D eigenvalue weighted by molar-refractivity contribution is -0.114. The standard InChI is InChI=1S/C17H21N5O2/c1-11(23)19-12-6-5-7-13(10-12)20-16-18-9-8-14(21-16)15(24)22-17(2,3)4/h5-10H,1-4H3,(H,19,23)(H,22,24)(H,18,20,21). The molecule has 0 fully saturated rings. The number of carbonyl (C=O) groups is 2. The van der Waals surface area contributed by atoms with Crippen LogP contribution in [0.25, 0.3) is 0 Å². The van der Waals surface area contributed by atoms with Crippen molar-refractivity contribution in [1.29, 1.82) is 0 Å². The Hall–Kier alpha value is -2.96. The van der Waals surface area contributed by atoms with Gasteiger partial charge in [-0.15, -0.1) is 0 Å². The molecule has 2 amide bonds. The van der Waals surface area contributed by atoms with Gasteiger partial charge >= 0.3 is 0 Å². The molecule has 2 rings (SSSR count). The fourth-order valence-corrected chi connectivity index (χ4v) is 1.96. The minimum atomic E-state index is -0.345. The fraction of sp³-hybridized carbons (Fsp3) is 0.294. The molecule has 1 aromatic heterocycles. The molecule has 0 unspecified atom stereocenters. The van der Waals surface area contributed by atoms with E-state index < -0.39 is 0 Å². The minimum absolute atomic E-state index is 0.149. The first-order chi connectivity index (χ1) is 11.2. The number of hydrogen-bond donors (Lipinski definition) is 3. The van der Waals surface area contributed by atoms with Gasteiger partial charge in [-0.25, -0.2) is 9.97 Å². The first-order valence-corrected chi connectivity index (χ1v) is 7.53. The van der Waals surface area contributed by atoms with E-state index in [1.165, 1.54) is 13.1 Å². The van der Waals surface area contributed by atoms with E-state index in [0.29, 0.717) is 17.3 Å². The van der Waals surface area contributed by atoms with E-state index in [1.54, 1.807) is 24.3 Å². The van der Waals surface area contributed by atoms with Crippen molar-refractivity contribution in [3.05, 3.63) is 42.2 Å². The van der Waals surface area contributed by atoms with Gasteiger partial charge in [-0.1, -0.05) is 6.07 Å². The van der Waals surface area contributed by atoms with Crippen LogP contribution in [0.5, 0.6) is 0 Å². The van der Waals surface area contributed by atoms with E-state index in [-0.39, 0.29) is 23.0 Å². The number of anilines is 3. The molecule has 0 bridgehead atoms. The molecule has 0 saturated heterocycles. The second-order valence-electron chi connectivity index (χ2n) is 6.36. The molecular weight excluding hydrogens is 306 g/mol. The summed E-state index contributed by atoms with van der Waals surface area (Å²) in [5.74, 6) is -0.110. The zero-order valence-electron chi connectivity index (χ0n) is 14.2. The van der Waals surface area contributed by atoms with E-state index in [2.05, 4.69) is 25.9 Å². The van der Waals surface area contributed by atoms with Crippen molar-refractivity contribution in [2.45, 2.75) is 33.2 Å². The van der Waals surface area contributed by atoms with Gasteiger partial charge in [0.25, 0.3) is 5.91 Å². The van der Waals surface area contributed by atoms with E-state index in [4.69, 9.17) is 0 Å². The number of hydrogen-bond acceptors (Lipinski definition) is 5. The summed E-state index contributed by atoms with van der Waals surface area (Å²) in [7, 11) is 0. The summed E-state index contributed by atoms with van der Waals surface area (Å²) in [4.78, 5) is 31.6. The topological polar surface area (TPSA) is 96.0 Å². The maximum atomic E-state index is 12.2. The van der Waals surface area contributed by atoms with Crippen LogP contribution in [0.2, 0.25) is 0 Å². The SMILES string of the molecule is CC(=O)Nc1cccc(Nc2nccc(C(=O)NC(C)(C)C)n2)c1. The van der Waals surface area contributed by atoms with Gasteiger partial charge in [0.2, 0.25) is 11.9 Å². The van der Waals surface area contributed by atoms with Crippen molar-refractivity contribution in [2.75, 3.05) is 10.6 Å². The number of amides is 2. The molecule has 7 nitrogen and oxygen atoms in total. The summed E-state index contributed by atoms with van der Waals surface area (Å²) in [6.45, 7) is 7.15. The minimum Gasteiger partial charge on any atom is -0.346 e. The van der Waals surface area contributed by atoms with Gasteiger partial charge in [0.1, 0.15) is 5.69 Å². The summed E-state index contributed by atoms with van der Waals surface area (Å²) >= 11 is 0. The molecule has 7 heteroatoms. The molecule has 0 spiro atoms. The van der Waals surface area contributed by atoms with Crippen LogP contribution >= 0.6 is 0 Å². The third kappa shape index (κ3) is 5.35. The monoisotopic (exact) mass is 327 g/mol. The van der Waals surface area contributed by atoms with Crippen molar-refractivity contribution in [1.82, 2.24) is 15.3 Å². The van der Waals surface area contributed by atoms with Crippen LogP contribution in [-0.2, 0) is 4.79 Å². The molecule has 1 heterocycles.